The van der Waals surface area contributed by atoms with Gasteiger partial charge in [-0.05, 0) is 62.0 Å². The van der Waals surface area contributed by atoms with E-state index in [4.69, 9.17) is 5.73 Å². The first-order chi connectivity index (χ1) is 9.45. The fourth-order valence-electron chi connectivity index (χ4n) is 3.06. The third-order valence-electron chi connectivity index (χ3n) is 4.12. The number of hydrogen-bond acceptors (Lipinski definition) is 2. The van der Waals surface area contributed by atoms with Crippen molar-refractivity contribution in [2.75, 3.05) is 6.54 Å². The smallest absolute Gasteiger partial charge is 0.271 e. The van der Waals surface area contributed by atoms with E-state index in [9.17, 15) is 4.79 Å². The van der Waals surface area contributed by atoms with E-state index in [1.165, 1.54) is 0 Å². The summed E-state index contributed by atoms with van der Waals surface area (Å²) in [6.07, 6.45) is 5.20. The SMILES string of the molecule is CC1CCCC(CN)N1C(=O)c1cc(Br)cn1C(C)C. The molecule has 0 saturated carbocycles. The van der Waals surface area contributed by atoms with Crippen molar-refractivity contribution >= 4 is 21.8 Å². The fourth-order valence-corrected chi connectivity index (χ4v) is 3.50. The van der Waals surface area contributed by atoms with Crippen molar-refractivity contribution in [1.29, 1.82) is 0 Å². The number of carbonyl (C=O) groups is 1. The van der Waals surface area contributed by atoms with Gasteiger partial charge in [-0.25, -0.2) is 0 Å². The van der Waals surface area contributed by atoms with E-state index in [0.29, 0.717) is 6.54 Å². The van der Waals surface area contributed by atoms with Gasteiger partial charge in [-0.3, -0.25) is 4.79 Å². The second-order valence-electron chi connectivity index (χ2n) is 5.93. The molecule has 0 aliphatic carbocycles. The van der Waals surface area contributed by atoms with Crippen molar-refractivity contribution in [3.63, 3.8) is 0 Å². The maximum Gasteiger partial charge on any atom is 0.271 e. The van der Waals surface area contributed by atoms with E-state index in [-0.39, 0.29) is 24.0 Å². The molecular weight excluding hydrogens is 318 g/mol. The monoisotopic (exact) mass is 341 g/mol. The molecule has 0 radical (unpaired) electrons. The Morgan fingerprint density at radius 3 is 2.80 bits per heavy atom. The van der Waals surface area contributed by atoms with E-state index in [2.05, 4.69) is 36.7 Å². The topological polar surface area (TPSA) is 51.3 Å². The maximum absolute atomic E-state index is 12.9. The predicted molar refractivity (Wildman–Crippen MR) is 84.8 cm³/mol. The molecule has 1 aromatic rings. The largest absolute Gasteiger partial charge is 0.340 e. The number of rotatable bonds is 3. The molecule has 112 valence electrons. The number of piperidine rings is 1. The van der Waals surface area contributed by atoms with Gasteiger partial charge in [-0.1, -0.05) is 0 Å². The number of nitrogens with two attached hydrogens (primary N) is 1. The number of aromatic nitrogens is 1. The van der Waals surface area contributed by atoms with Crippen molar-refractivity contribution < 1.29 is 4.79 Å². The van der Waals surface area contributed by atoms with Crippen LogP contribution in [0.5, 0.6) is 0 Å². The summed E-state index contributed by atoms with van der Waals surface area (Å²) in [4.78, 5) is 14.9. The molecule has 2 unspecified atom stereocenters. The lowest BCUT2D eigenvalue weighted by Crippen LogP contribution is -2.52. The zero-order valence-corrected chi connectivity index (χ0v) is 14.1. The lowest BCUT2D eigenvalue weighted by Gasteiger charge is -2.40. The van der Waals surface area contributed by atoms with Gasteiger partial charge >= 0.3 is 0 Å². The van der Waals surface area contributed by atoms with Gasteiger partial charge in [0.25, 0.3) is 5.91 Å². The number of amides is 1. The summed E-state index contributed by atoms with van der Waals surface area (Å²) in [5.41, 5.74) is 6.61. The van der Waals surface area contributed by atoms with Gasteiger partial charge in [0.15, 0.2) is 0 Å². The van der Waals surface area contributed by atoms with Crippen LogP contribution in [0.2, 0.25) is 0 Å². The summed E-state index contributed by atoms with van der Waals surface area (Å²) in [6, 6.07) is 2.60. The number of carbonyl (C=O) groups excluding carboxylic acids is 1. The lowest BCUT2D eigenvalue weighted by atomic mass is 9.96. The normalized spacial score (nSPS) is 23.4. The Morgan fingerprint density at radius 1 is 1.50 bits per heavy atom. The summed E-state index contributed by atoms with van der Waals surface area (Å²) in [6.45, 7) is 6.84. The minimum absolute atomic E-state index is 0.104. The summed E-state index contributed by atoms with van der Waals surface area (Å²) in [5.74, 6) is 0.104. The van der Waals surface area contributed by atoms with Crippen LogP contribution in [-0.2, 0) is 0 Å². The highest BCUT2D eigenvalue weighted by Gasteiger charge is 2.33. The Kier molecular flexibility index (Phi) is 4.91. The first kappa shape index (κ1) is 15.6. The van der Waals surface area contributed by atoms with Crippen molar-refractivity contribution in [1.82, 2.24) is 9.47 Å². The first-order valence-corrected chi connectivity index (χ1v) is 8.15. The van der Waals surface area contributed by atoms with Crippen molar-refractivity contribution in [3.05, 3.63) is 22.4 Å². The van der Waals surface area contributed by atoms with E-state index in [1.54, 1.807) is 0 Å². The highest BCUT2D eigenvalue weighted by Crippen LogP contribution is 2.27. The van der Waals surface area contributed by atoms with Gasteiger partial charge in [-0.2, -0.15) is 0 Å². The highest BCUT2D eigenvalue weighted by molar-refractivity contribution is 9.10. The summed E-state index contributed by atoms with van der Waals surface area (Å²) >= 11 is 3.47. The van der Waals surface area contributed by atoms with Crippen LogP contribution < -0.4 is 5.73 Å². The zero-order chi connectivity index (χ0) is 14.9. The summed E-state index contributed by atoms with van der Waals surface area (Å²) in [5, 5.41) is 0. The molecule has 0 aromatic carbocycles. The highest BCUT2D eigenvalue weighted by atomic mass is 79.9. The van der Waals surface area contributed by atoms with Crippen LogP contribution in [0.3, 0.4) is 0 Å². The van der Waals surface area contributed by atoms with Crippen LogP contribution in [0.4, 0.5) is 0 Å². The van der Waals surface area contributed by atoms with Crippen molar-refractivity contribution in [3.8, 4) is 0 Å². The second kappa shape index (κ2) is 6.31. The minimum atomic E-state index is 0.104. The molecule has 2 N–H and O–H groups in total. The predicted octanol–water partition coefficient (Wildman–Crippen LogP) is 3.17. The molecule has 20 heavy (non-hydrogen) atoms. The molecule has 1 aliphatic heterocycles. The molecule has 0 bridgehead atoms. The lowest BCUT2D eigenvalue weighted by molar-refractivity contribution is 0.0481. The number of halogens is 1. The van der Waals surface area contributed by atoms with Crippen LogP contribution in [0.15, 0.2) is 16.7 Å². The Bertz CT molecular complexity index is 483. The van der Waals surface area contributed by atoms with E-state index >= 15 is 0 Å². The number of nitrogens with zero attached hydrogens (tertiary/aromatic N) is 2. The maximum atomic E-state index is 12.9. The van der Waals surface area contributed by atoms with Gasteiger partial charge in [0.2, 0.25) is 0 Å². The molecule has 2 atom stereocenters. The Hall–Kier alpha value is -0.810. The molecular formula is C15H24BrN3O. The van der Waals surface area contributed by atoms with Gasteiger partial charge in [0, 0.05) is 35.3 Å². The summed E-state index contributed by atoms with van der Waals surface area (Å²) in [7, 11) is 0. The fraction of sp³-hybridized carbons (Fsp3) is 0.667. The van der Waals surface area contributed by atoms with E-state index in [1.807, 2.05) is 21.7 Å². The third kappa shape index (κ3) is 2.93. The van der Waals surface area contributed by atoms with Crippen LogP contribution in [-0.4, -0.2) is 34.0 Å². The number of likely N-dealkylation sites (tertiary alicyclic amines) is 1. The standard InChI is InChI=1S/C15H24BrN3O/c1-10(2)18-9-12(16)7-14(18)15(20)19-11(3)5-4-6-13(19)8-17/h7,9-11,13H,4-6,8,17H2,1-3H3. The molecule has 2 heterocycles. The summed E-state index contributed by atoms with van der Waals surface area (Å²) < 4.78 is 2.98. The van der Waals surface area contributed by atoms with E-state index < -0.39 is 0 Å². The molecule has 1 amide bonds. The van der Waals surface area contributed by atoms with Crippen molar-refractivity contribution in [2.45, 2.75) is 58.2 Å². The molecule has 5 heteroatoms. The van der Waals surface area contributed by atoms with Crippen LogP contribution >= 0.6 is 15.9 Å². The Morgan fingerprint density at radius 2 is 2.20 bits per heavy atom. The van der Waals surface area contributed by atoms with E-state index in [0.717, 1.165) is 29.4 Å². The van der Waals surface area contributed by atoms with Crippen molar-refractivity contribution in [2.24, 2.45) is 5.73 Å². The molecule has 0 spiro atoms. The van der Waals surface area contributed by atoms with Gasteiger partial charge in [0.05, 0.1) is 0 Å². The quantitative estimate of drug-likeness (QED) is 0.917. The number of hydrogen-bond donors (Lipinski definition) is 1. The van der Waals surface area contributed by atoms with Crippen LogP contribution in [0, 0.1) is 0 Å². The average Bonchev–Trinajstić information content (AvgIpc) is 2.80. The molecule has 1 aliphatic rings. The van der Waals surface area contributed by atoms with Gasteiger partial charge in [0.1, 0.15) is 5.69 Å². The van der Waals surface area contributed by atoms with Gasteiger partial charge < -0.3 is 15.2 Å². The molecule has 2 rings (SSSR count). The molecule has 1 saturated heterocycles. The second-order valence-corrected chi connectivity index (χ2v) is 6.84. The molecule has 1 fully saturated rings. The van der Waals surface area contributed by atoms with Crippen LogP contribution in [0.1, 0.15) is 56.6 Å². The van der Waals surface area contributed by atoms with Gasteiger partial charge in [-0.15, -0.1) is 0 Å². The minimum Gasteiger partial charge on any atom is -0.340 e. The van der Waals surface area contributed by atoms with Crippen LogP contribution in [0.25, 0.3) is 0 Å². The Balaban J connectivity index is 2.34. The first-order valence-electron chi connectivity index (χ1n) is 7.35. The molecule has 1 aromatic heterocycles. The molecule has 4 nitrogen and oxygen atoms in total. The third-order valence-corrected chi connectivity index (χ3v) is 4.56. The average molecular weight is 342 g/mol. The Labute approximate surface area is 129 Å². The zero-order valence-electron chi connectivity index (χ0n) is 12.5.